The predicted octanol–water partition coefficient (Wildman–Crippen LogP) is 0.472. The Bertz CT molecular complexity index is 1140. The fourth-order valence-corrected chi connectivity index (χ4v) is 2.71. The van der Waals surface area contributed by atoms with Crippen LogP contribution in [0, 0.1) is 0 Å². The second kappa shape index (κ2) is 43.7. The molecule has 1 N–H and O–H groups in total. The number of rotatable bonds is 14. The van der Waals surface area contributed by atoms with Gasteiger partial charge in [-0.2, -0.15) is 0 Å². The van der Waals surface area contributed by atoms with Crippen molar-refractivity contribution in [2.45, 2.75) is 39.5 Å². The molecule has 15 nitrogen and oxygen atoms in total. The fraction of sp³-hybridized carbons (Fsp3) is 0.444. The van der Waals surface area contributed by atoms with E-state index >= 15 is 0 Å². The van der Waals surface area contributed by atoms with Crippen molar-refractivity contribution in [2.75, 3.05) is 39.0 Å². The van der Waals surface area contributed by atoms with Gasteiger partial charge < -0.3 is 30.9 Å². The molecule has 2 aromatic carbocycles. The molecule has 0 radical (unpaired) electrons. The molecule has 0 amide bonds. The Labute approximate surface area is 363 Å². The first kappa shape index (κ1) is 51.5. The van der Waals surface area contributed by atoms with Gasteiger partial charge in [0.05, 0.1) is 44.9 Å². The molecule has 19 heteroatoms. The van der Waals surface area contributed by atoms with Crippen LogP contribution in [-0.2, 0) is 19.2 Å². The number of ether oxygens (including phenoxy) is 3. The SMILES string of the molecule is CCOC(=O)c1ccc(O)cc1.CCOC(=O)c1ccc(OCCCCCCN=[N+]=[N-])cc1.O=CO[O-].[2H]CF.[H-].[K+].[K+].[N-]=[N+]=NCBr. The van der Waals surface area contributed by atoms with Crippen LogP contribution in [0.1, 0.15) is 63.0 Å². The number of hydrogen-bond donors (Lipinski definition) is 1. The Morgan fingerprint density at radius 1 is 0.957 bits per heavy atom. The molecule has 0 aliphatic carbocycles. The molecule has 0 saturated carbocycles. The van der Waals surface area contributed by atoms with E-state index in [2.05, 4.69) is 40.9 Å². The van der Waals surface area contributed by atoms with E-state index in [1.54, 1.807) is 38.1 Å². The largest absolute Gasteiger partial charge is 1.00 e. The fourth-order valence-electron chi connectivity index (χ4n) is 2.61. The summed E-state index contributed by atoms with van der Waals surface area (Å²) < 4.78 is 30.8. The van der Waals surface area contributed by atoms with E-state index in [-0.39, 0.29) is 128 Å². The molecule has 2 aromatic rings. The Hall–Kier alpha value is -1.29. The zero-order valence-electron chi connectivity index (χ0n) is 28.4. The van der Waals surface area contributed by atoms with Crippen LogP contribution in [0.3, 0.4) is 0 Å². The van der Waals surface area contributed by atoms with Crippen LogP contribution >= 0.6 is 15.9 Å². The molecule has 0 atom stereocenters. The summed E-state index contributed by atoms with van der Waals surface area (Å²) in [6, 6.07) is 12.9. The van der Waals surface area contributed by atoms with E-state index < -0.39 is 7.15 Å². The molecule has 0 fully saturated rings. The number of phenolic OH excluding ortho intramolecular Hbond substituents is 1. The number of nitrogens with zero attached hydrogens (tertiary/aromatic N) is 6. The number of esters is 2. The molecular formula is C27H38BrFK2N6O9. The average Bonchev–Trinajstić information content (AvgIpc) is 3.04. The third-order valence-corrected chi connectivity index (χ3v) is 4.61. The van der Waals surface area contributed by atoms with E-state index in [0.29, 0.717) is 42.9 Å². The van der Waals surface area contributed by atoms with Crippen LogP contribution in [-0.4, -0.2) is 62.5 Å². The Morgan fingerprint density at radius 2 is 1.39 bits per heavy atom. The minimum Gasteiger partial charge on any atom is -1.00 e. The zero-order valence-corrected chi connectivity index (χ0v) is 34.3. The molecule has 0 spiro atoms. The number of aromatic hydroxyl groups is 1. The van der Waals surface area contributed by atoms with Gasteiger partial charge in [-0.1, -0.05) is 39.0 Å². The van der Waals surface area contributed by atoms with Crippen LogP contribution < -0.4 is 113 Å². The Morgan fingerprint density at radius 3 is 1.76 bits per heavy atom. The van der Waals surface area contributed by atoms with Gasteiger partial charge in [0.25, 0.3) is 6.47 Å². The monoisotopic (exact) mass is 767 g/mol. The van der Waals surface area contributed by atoms with Gasteiger partial charge in [0.15, 0.2) is 0 Å². The summed E-state index contributed by atoms with van der Waals surface area (Å²) >= 11 is 2.89. The van der Waals surface area contributed by atoms with Crippen molar-refractivity contribution < 1.29 is 154 Å². The average molecular weight is 769 g/mol. The van der Waals surface area contributed by atoms with Crippen molar-refractivity contribution in [2.24, 2.45) is 10.2 Å². The van der Waals surface area contributed by atoms with Gasteiger partial charge >= 0.3 is 115 Å². The third-order valence-electron chi connectivity index (χ3n) is 4.38. The minimum atomic E-state index is -1.00. The number of carbonyl (C=O) groups is 3. The smallest absolute Gasteiger partial charge is 1.00 e. The van der Waals surface area contributed by atoms with Crippen molar-refractivity contribution >= 4 is 34.3 Å². The maximum atomic E-state index is 11.5. The molecule has 46 heavy (non-hydrogen) atoms. The van der Waals surface area contributed by atoms with Gasteiger partial charge in [0, 0.05) is 16.4 Å². The summed E-state index contributed by atoms with van der Waals surface area (Å²) in [5.41, 5.74) is 17.0. The number of carbonyl (C=O) groups excluding carboxylic acids is 3. The van der Waals surface area contributed by atoms with Crippen LogP contribution in [0.25, 0.3) is 20.9 Å². The Balaban J connectivity index is -0.000000138. The molecule has 0 saturated heterocycles. The topological polar surface area (TPSA) is 229 Å². The van der Waals surface area contributed by atoms with Gasteiger partial charge in [0.1, 0.15) is 11.5 Å². The molecule has 0 aliphatic rings. The number of hydrogen-bond acceptors (Lipinski definition) is 11. The first-order valence-electron chi connectivity index (χ1n) is 13.5. The number of unbranched alkanes of at least 4 members (excludes halogenated alkanes) is 3. The van der Waals surface area contributed by atoms with Crippen LogP contribution in [0.15, 0.2) is 58.8 Å². The number of halogens is 2. The maximum Gasteiger partial charge on any atom is 1.00 e. The predicted molar refractivity (Wildman–Crippen MR) is 163 cm³/mol. The summed E-state index contributed by atoms with van der Waals surface area (Å²) in [5, 5.41) is 23.9. The van der Waals surface area contributed by atoms with E-state index in [1.807, 2.05) is 0 Å². The molecule has 0 unspecified atom stereocenters. The minimum absolute atomic E-state index is 0. The van der Waals surface area contributed by atoms with Crippen LogP contribution in [0.2, 0.25) is 0 Å². The summed E-state index contributed by atoms with van der Waals surface area (Å²) in [4.78, 5) is 38.9. The van der Waals surface area contributed by atoms with Crippen molar-refractivity contribution in [3.05, 3.63) is 80.5 Å². The maximum absolute atomic E-state index is 11.5. The summed E-state index contributed by atoms with van der Waals surface area (Å²) in [7, 11) is -1.00. The summed E-state index contributed by atoms with van der Waals surface area (Å²) in [6.45, 7) is 5.28. The molecule has 246 valence electrons. The number of azide groups is 2. The molecule has 0 aromatic heterocycles. The first-order valence-corrected chi connectivity index (χ1v) is 13.9. The van der Waals surface area contributed by atoms with E-state index in [4.69, 9.17) is 41.8 Å². The van der Waals surface area contributed by atoms with E-state index in [0.717, 1.165) is 31.4 Å². The second-order valence-corrected chi connectivity index (χ2v) is 7.77. The van der Waals surface area contributed by atoms with Gasteiger partial charge in [-0.15, -0.1) is 0 Å². The van der Waals surface area contributed by atoms with E-state index in [1.165, 1.54) is 24.3 Å². The molecule has 0 heterocycles. The standard InChI is InChI=1S/C15H21N3O3.C9H10O3.CH2BrN3.CH3F.CH2O3.2K.H/c1-2-20-15(19)13-7-9-14(10-8-13)21-12-6-4-3-5-11-17-18-16;1-2-12-9(11)7-3-5-8(10)6-4-7;2-1-4-5-3;1-2;2-1-4-3;;;/h7-10H,2-6,11-12H2,1H3;3-6,10H,2H2,1H3;1H2;1H3;1,3H;;;/q;;;;;2*+1;-1/p-1/i;;;1D;;;;. The summed E-state index contributed by atoms with van der Waals surface area (Å²) in [6.07, 6.45) is 3.94. The van der Waals surface area contributed by atoms with Gasteiger partial charge in [-0.3, -0.25) is 9.18 Å². The number of alkyl halides is 2. The first-order chi connectivity index (χ1) is 21.8. The quantitative estimate of drug-likeness (QED) is 0.0240. The van der Waals surface area contributed by atoms with Crippen LogP contribution in [0.4, 0.5) is 4.39 Å². The zero-order chi connectivity index (χ0) is 34.6. The van der Waals surface area contributed by atoms with Gasteiger partial charge in [-0.05, 0) is 86.3 Å². The normalized spacial score (nSPS) is 8.41. The Kier molecular flexibility index (Phi) is 49.0. The van der Waals surface area contributed by atoms with Crippen molar-refractivity contribution in [1.82, 2.24) is 0 Å². The van der Waals surface area contributed by atoms with E-state index in [9.17, 15) is 14.0 Å². The van der Waals surface area contributed by atoms with Crippen molar-refractivity contribution in [3.8, 4) is 11.5 Å². The van der Waals surface area contributed by atoms with Crippen molar-refractivity contribution in [3.63, 3.8) is 0 Å². The number of phenols is 1. The second-order valence-electron chi connectivity index (χ2n) is 7.27. The van der Waals surface area contributed by atoms with Gasteiger partial charge in [-0.25, -0.2) is 9.59 Å². The van der Waals surface area contributed by atoms with Crippen molar-refractivity contribution in [1.29, 1.82) is 0 Å². The number of benzene rings is 2. The van der Waals surface area contributed by atoms with Gasteiger partial charge in [0.2, 0.25) is 0 Å². The molecule has 0 bridgehead atoms. The third kappa shape index (κ3) is 35.6. The summed E-state index contributed by atoms with van der Waals surface area (Å²) in [5.74, 6) is 0.210. The molecular weight excluding hydrogens is 729 g/mol. The van der Waals surface area contributed by atoms with Crippen LogP contribution in [0.5, 0.6) is 11.5 Å². The molecule has 0 aliphatic heterocycles. The molecule has 2 rings (SSSR count).